The van der Waals surface area contributed by atoms with Crippen LogP contribution >= 0.6 is 0 Å². The minimum absolute atomic E-state index is 0.0122. The molecule has 1 aliphatic rings. The van der Waals surface area contributed by atoms with Crippen LogP contribution in [0.15, 0.2) is 18.2 Å². The Labute approximate surface area is 126 Å². The van der Waals surface area contributed by atoms with Gasteiger partial charge in [0, 0.05) is 13.2 Å². The van der Waals surface area contributed by atoms with Gasteiger partial charge in [-0.05, 0) is 44.5 Å². The molecule has 1 aliphatic heterocycles. The van der Waals surface area contributed by atoms with Crippen LogP contribution in [0, 0.1) is 12.8 Å². The Hall–Kier alpha value is -1.59. The van der Waals surface area contributed by atoms with Crippen molar-refractivity contribution in [1.82, 2.24) is 5.32 Å². The topological polar surface area (TPSA) is 59.6 Å². The summed E-state index contributed by atoms with van der Waals surface area (Å²) in [4.78, 5) is 12.4. The second kappa shape index (κ2) is 7.43. The summed E-state index contributed by atoms with van der Waals surface area (Å²) in [6.45, 7) is 5.92. The average molecular weight is 292 g/mol. The molecule has 0 aliphatic carbocycles. The molecule has 116 valence electrons. The Bertz CT molecular complexity index is 490. The summed E-state index contributed by atoms with van der Waals surface area (Å²) in [7, 11) is 1.64. The number of ether oxygens (including phenoxy) is 2. The molecule has 2 N–H and O–H groups in total. The van der Waals surface area contributed by atoms with Gasteiger partial charge in [-0.3, -0.25) is 4.79 Å². The van der Waals surface area contributed by atoms with Crippen LogP contribution in [0.5, 0.6) is 5.75 Å². The fourth-order valence-electron chi connectivity index (χ4n) is 2.53. The number of amides is 1. The number of methoxy groups -OCH3 is 1. The van der Waals surface area contributed by atoms with Gasteiger partial charge in [0.2, 0.25) is 5.91 Å². The van der Waals surface area contributed by atoms with Gasteiger partial charge in [-0.15, -0.1) is 0 Å². The zero-order valence-electron chi connectivity index (χ0n) is 12.9. The van der Waals surface area contributed by atoms with Gasteiger partial charge in [-0.25, -0.2) is 0 Å². The maximum absolute atomic E-state index is 12.4. The van der Waals surface area contributed by atoms with E-state index in [4.69, 9.17) is 9.47 Å². The van der Waals surface area contributed by atoms with Crippen LogP contribution in [0.25, 0.3) is 0 Å². The molecule has 2 atom stereocenters. The van der Waals surface area contributed by atoms with Crippen molar-refractivity contribution in [2.45, 2.75) is 26.3 Å². The lowest BCUT2D eigenvalue weighted by Gasteiger charge is -2.17. The van der Waals surface area contributed by atoms with Gasteiger partial charge in [0.25, 0.3) is 0 Å². The predicted molar refractivity (Wildman–Crippen MR) is 82.8 cm³/mol. The standard InChI is InChI=1S/C16H24N2O3/c1-11-4-5-14(15(10-11)21-9-8-20-3)18-16(19)13-6-7-17-12(13)2/h4-5,10,12-13,17H,6-9H2,1-3H3,(H,18,19). The van der Waals surface area contributed by atoms with E-state index in [1.54, 1.807) is 7.11 Å². The lowest BCUT2D eigenvalue weighted by Crippen LogP contribution is -2.32. The van der Waals surface area contributed by atoms with E-state index < -0.39 is 0 Å². The molecule has 0 bridgehead atoms. The van der Waals surface area contributed by atoms with Crippen LogP contribution in [-0.4, -0.2) is 38.8 Å². The summed E-state index contributed by atoms with van der Waals surface area (Å²) in [5, 5.41) is 6.29. The summed E-state index contributed by atoms with van der Waals surface area (Å²) >= 11 is 0. The number of anilines is 1. The second-order valence-electron chi connectivity index (χ2n) is 5.47. The Balaban J connectivity index is 2.05. The molecule has 1 heterocycles. The van der Waals surface area contributed by atoms with Gasteiger partial charge < -0.3 is 20.1 Å². The SMILES string of the molecule is COCCOc1cc(C)ccc1NC(=O)C1CCNC1C. The van der Waals surface area contributed by atoms with Crippen molar-refractivity contribution in [1.29, 1.82) is 0 Å². The molecular weight excluding hydrogens is 268 g/mol. The fourth-order valence-corrected chi connectivity index (χ4v) is 2.53. The highest BCUT2D eigenvalue weighted by atomic mass is 16.5. The zero-order valence-corrected chi connectivity index (χ0v) is 12.9. The number of carbonyl (C=O) groups is 1. The summed E-state index contributed by atoms with van der Waals surface area (Å²) in [5.41, 5.74) is 1.82. The van der Waals surface area contributed by atoms with Crippen LogP contribution < -0.4 is 15.4 Å². The third kappa shape index (κ3) is 4.19. The molecule has 2 rings (SSSR count). The molecule has 1 saturated heterocycles. The molecule has 0 saturated carbocycles. The van der Waals surface area contributed by atoms with Crippen LogP contribution in [-0.2, 0) is 9.53 Å². The number of aryl methyl sites for hydroxylation is 1. The number of rotatable bonds is 6. The van der Waals surface area contributed by atoms with Gasteiger partial charge in [-0.1, -0.05) is 6.07 Å². The molecule has 21 heavy (non-hydrogen) atoms. The quantitative estimate of drug-likeness (QED) is 0.787. The molecule has 2 unspecified atom stereocenters. The van der Waals surface area contributed by atoms with Crippen molar-refractivity contribution >= 4 is 11.6 Å². The normalized spacial score (nSPS) is 21.3. The number of hydrogen-bond acceptors (Lipinski definition) is 4. The highest BCUT2D eigenvalue weighted by Crippen LogP contribution is 2.27. The van der Waals surface area contributed by atoms with Gasteiger partial charge in [0.1, 0.15) is 12.4 Å². The third-order valence-electron chi connectivity index (χ3n) is 3.80. The third-order valence-corrected chi connectivity index (χ3v) is 3.80. The summed E-state index contributed by atoms with van der Waals surface area (Å²) < 4.78 is 10.7. The molecule has 1 aromatic carbocycles. The minimum Gasteiger partial charge on any atom is -0.489 e. The van der Waals surface area contributed by atoms with E-state index in [2.05, 4.69) is 10.6 Å². The molecule has 0 spiro atoms. The monoisotopic (exact) mass is 292 g/mol. The van der Waals surface area contributed by atoms with E-state index >= 15 is 0 Å². The van der Waals surface area contributed by atoms with E-state index in [0.717, 1.165) is 24.2 Å². The second-order valence-corrected chi connectivity index (χ2v) is 5.47. The largest absolute Gasteiger partial charge is 0.489 e. The van der Waals surface area contributed by atoms with Gasteiger partial charge >= 0.3 is 0 Å². The van der Waals surface area contributed by atoms with Crippen molar-refractivity contribution in [2.24, 2.45) is 5.92 Å². The Morgan fingerprint density at radius 1 is 1.43 bits per heavy atom. The van der Waals surface area contributed by atoms with Crippen molar-refractivity contribution < 1.29 is 14.3 Å². The highest BCUT2D eigenvalue weighted by molar-refractivity contribution is 5.94. The lowest BCUT2D eigenvalue weighted by atomic mass is 10.0. The van der Waals surface area contributed by atoms with E-state index in [0.29, 0.717) is 19.0 Å². The fraction of sp³-hybridized carbons (Fsp3) is 0.562. The first-order valence-electron chi connectivity index (χ1n) is 7.38. The number of benzene rings is 1. The van der Waals surface area contributed by atoms with Crippen LogP contribution in [0.4, 0.5) is 5.69 Å². The number of hydrogen-bond donors (Lipinski definition) is 2. The van der Waals surface area contributed by atoms with Gasteiger partial charge in [0.15, 0.2) is 0 Å². The number of carbonyl (C=O) groups excluding carboxylic acids is 1. The molecule has 1 aromatic rings. The maximum atomic E-state index is 12.4. The van der Waals surface area contributed by atoms with E-state index in [1.165, 1.54) is 0 Å². The molecule has 0 aromatic heterocycles. The smallest absolute Gasteiger partial charge is 0.229 e. The van der Waals surface area contributed by atoms with Crippen molar-refractivity contribution in [3.63, 3.8) is 0 Å². The first kappa shape index (κ1) is 15.8. The Kier molecular flexibility index (Phi) is 5.59. The van der Waals surface area contributed by atoms with Gasteiger partial charge in [0.05, 0.1) is 18.2 Å². The Morgan fingerprint density at radius 3 is 2.90 bits per heavy atom. The van der Waals surface area contributed by atoms with Crippen molar-refractivity contribution in [2.75, 3.05) is 32.2 Å². The maximum Gasteiger partial charge on any atom is 0.229 e. The van der Waals surface area contributed by atoms with Crippen LogP contribution in [0.1, 0.15) is 18.9 Å². The molecule has 5 nitrogen and oxygen atoms in total. The number of nitrogens with one attached hydrogen (secondary N) is 2. The van der Waals surface area contributed by atoms with E-state index in [-0.39, 0.29) is 17.9 Å². The first-order chi connectivity index (χ1) is 10.1. The molecular formula is C16H24N2O3. The van der Waals surface area contributed by atoms with Crippen molar-refractivity contribution in [3.05, 3.63) is 23.8 Å². The molecule has 1 amide bonds. The molecule has 5 heteroatoms. The first-order valence-corrected chi connectivity index (χ1v) is 7.38. The zero-order chi connectivity index (χ0) is 15.2. The summed E-state index contributed by atoms with van der Waals surface area (Å²) in [5.74, 6) is 0.755. The summed E-state index contributed by atoms with van der Waals surface area (Å²) in [6, 6.07) is 6.01. The summed E-state index contributed by atoms with van der Waals surface area (Å²) in [6.07, 6.45) is 0.874. The molecule has 1 fully saturated rings. The van der Waals surface area contributed by atoms with Crippen LogP contribution in [0.2, 0.25) is 0 Å². The van der Waals surface area contributed by atoms with E-state index in [1.807, 2.05) is 32.0 Å². The Morgan fingerprint density at radius 2 is 2.24 bits per heavy atom. The molecule has 0 radical (unpaired) electrons. The van der Waals surface area contributed by atoms with Crippen molar-refractivity contribution in [3.8, 4) is 5.75 Å². The predicted octanol–water partition coefficient (Wildman–Crippen LogP) is 1.96. The van der Waals surface area contributed by atoms with Gasteiger partial charge in [-0.2, -0.15) is 0 Å². The average Bonchev–Trinajstić information content (AvgIpc) is 2.88. The van der Waals surface area contributed by atoms with Crippen LogP contribution in [0.3, 0.4) is 0 Å². The minimum atomic E-state index is 0.0122. The lowest BCUT2D eigenvalue weighted by molar-refractivity contribution is -0.120. The highest BCUT2D eigenvalue weighted by Gasteiger charge is 2.29. The van der Waals surface area contributed by atoms with E-state index in [9.17, 15) is 4.79 Å².